The zero-order valence-electron chi connectivity index (χ0n) is 14.3. The number of methoxy groups -OCH3 is 1. The minimum atomic E-state index is -0.540. The molecule has 0 aliphatic carbocycles. The molecule has 1 aromatic rings. The van der Waals surface area contributed by atoms with Crippen molar-refractivity contribution in [2.45, 2.75) is 37.8 Å². The van der Waals surface area contributed by atoms with Gasteiger partial charge >= 0.3 is 0 Å². The predicted molar refractivity (Wildman–Crippen MR) is 92.1 cm³/mol. The number of carbonyl (C=O) groups is 1. The van der Waals surface area contributed by atoms with E-state index in [9.17, 15) is 4.79 Å². The van der Waals surface area contributed by atoms with E-state index in [1.807, 2.05) is 24.3 Å². The molecule has 1 fully saturated rings. The Hall–Kier alpha value is -1.63. The summed E-state index contributed by atoms with van der Waals surface area (Å²) < 4.78 is 15.9. The Kier molecular flexibility index (Phi) is 8.01. The van der Waals surface area contributed by atoms with E-state index in [1.165, 1.54) is 0 Å². The molecule has 1 amide bonds. The van der Waals surface area contributed by atoms with E-state index < -0.39 is 6.04 Å². The zero-order valence-corrected chi connectivity index (χ0v) is 14.3. The first-order chi connectivity index (χ1) is 11.7. The fourth-order valence-corrected chi connectivity index (χ4v) is 2.61. The van der Waals surface area contributed by atoms with Gasteiger partial charge in [-0.2, -0.15) is 0 Å². The van der Waals surface area contributed by atoms with E-state index in [-0.39, 0.29) is 11.9 Å². The van der Waals surface area contributed by atoms with Gasteiger partial charge in [0.15, 0.2) is 0 Å². The maximum atomic E-state index is 12.2. The number of nitrogens with two attached hydrogens (primary N) is 1. The smallest absolute Gasteiger partial charge is 0.237 e. The van der Waals surface area contributed by atoms with Crippen molar-refractivity contribution in [1.29, 1.82) is 0 Å². The molecule has 134 valence electrons. The molecule has 6 heteroatoms. The average molecular weight is 336 g/mol. The summed E-state index contributed by atoms with van der Waals surface area (Å²) in [5.74, 6) is 0.719. The molecule has 1 aliphatic heterocycles. The summed E-state index contributed by atoms with van der Waals surface area (Å²) in [5.41, 5.74) is 7.05. The van der Waals surface area contributed by atoms with E-state index in [0.29, 0.717) is 32.8 Å². The van der Waals surface area contributed by atoms with Crippen molar-refractivity contribution in [2.24, 2.45) is 5.73 Å². The lowest BCUT2D eigenvalue weighted by atomic mass is 10.0. The standard InChI is InChI=1S/C18H28N2O4/c1-22-9-2-10-24-16-5-3-14(4-6-16)13-17(19)18(21)20-15-7-11-23-12-8-15/h3-6,15,17H,2,7-13,19H2,1H3,(H,20,21)/t17-/m0/s1. The van der Waals surface area contributed by atoms with Crippen molar-refractivity contribution in [2.75, 3.05) is 33.5 Å². The molecule has 0 bridgehead atoms. The first kappa shape index (κ1) is 18.7. The number of carbonyl (C=O) groups excluding carboxylic acids is 1. The van der Waals surface area contributed by atoms with E-state index in [1.54, 1.807) is 7.11 Å². The van der Waals surface area contributed by atoms with Gasteiger partial charge in [0.05, 0.1) is 12.6 Å². The maximum Gasteiger partial charge on any atom is 0.237 e. The van der Waals surface area contributed by atoms with Gasteiger partial charge in [-0.25, -0.2) is 0 Å². The molecule has 2 rings (SSSR count). The summed E-state index contributed by atoms with van der Waals surface area (Å²) in [4.78, 5) is 12.2. The fraction of sp³-hybridized carbons (Fsp3) is 0.611. The van der Waals surface area contributed by atoms with Crippen molar-refractivity contribution < 1.29 is 19.0 Å². The Morgan fingerprint density at radius 1 is 1.29 bits per heavy atom. The van der Waals surface area contributed by atoms with Crippen molar-refractivity contribution in [3.05, 3.63) is 29.8 Å². The highest BCUT2D eigenvalue weighted by molar-refractivity contribution is 5.82. The molecule has 1 atom stereocenters. The number of hydrogen-bond donors (Lipinski definition) is 2. The van der Waals surface area contributed by atoms with Gasteiger partial charge in [0.1, 0.15) is 5.75 Å². The van der Waals surface area contributed by atoms with E-state index in [2.05, 4.69) is 5.32 Å². The Bertz CT molecular complexity index is 486. The SMILES string of the molecule is COCCCOc1ccc(C[C@H](N)C(=O)NC2CCOCC2)cc1. The molecule has 0 radical (unpaired) electrons. The number of rotatable bonds is 9. The lowest BCUT2D eigenvalue weighted by molar-refractivity contribution is -0.123. The second kappa shape index (κ2) is 10.3. The summed E-state index contributed by atoms with van der Waals surface area (Å²) in [5, 5.41) is 3.01. The van der Waals surface area contributed by atoms with Crippen LogP contribution in [0.4, 0.5) is 0 Å². The van der Waals surface area contributed by atoms with Crippen LogP contribution in [0.2, 0.25) is 0 Å². The highest BCUT2D eigenvalue weighted by Crippen LogP contribution is 2.14. The lowest BCUT2D eigenvalue weighted by Gasteiger charge is -2.24. The average Bonchev–Trinajstić information content (AvgIpc) is 2.61. The topological polar surface area (TPSA) is 82.8 Å². The fourth-order valence-electron chi connectivity index (χ4n) is 2.61. The van der Waals surface area contributed by atoms with Gasteiger partial charge in [-0.15, -0.1) is 0 Å². The number of nitrogens with one attached hydrogen (secondary N) is 1. The highest BCUT2D eigenvalue weighted by Gasteiger charge is 2.20. The normalized spacial score (nSPS) is 16.6. The third kappa shape index (κ3) is 6.47. The maximum absolute atomic E-state index is 12.2. The third-order valence-electron chi connectivity index (χ3n) is 4.04. The quantitative estimate of drug-likeness (QED) is 0.664. The summed E-state index contributed by atoms with van der Waals surface area (Å²) >= 11 is 0. The predicted octanol–water partition coefficient (Wildman–Crippen LogP) is 1.27. The molecule has 1 aromatic carbocycles. The van der Waals surface area contributed by atoms with Crippen LogP contribution in [0.5, 0.6) is 5.75 Å². The van der Waals surface area contributed by atoms with Gasteiger partial charge in [0.25, 0.3) is 0 Å². The van der Waals surface area contributed by atoms with Crippen LogP contribution in [-0.4, -0.2) is 51.5 Å². The molecular formula is C18H28N2O4. The van der Waals surface area contributed by atoms with Crippen molar-refractivity contribution >= 4 is 5.91 Å². The van der Waals surface area contributed by atoms with Crippen LogP contribution in [-0.2, 0) is 20.7 Å². The Morgan fingerprint density at radius 2 is 2.00 bits per heavy atom. The minimum absolute atomic E-state index is 0.0956. The van der Waals surface area contributed by atoms with Crippen LogP contribution in [0.25, 0.3) is 0 Å². The van der Waals surface area contributed by atoms with Gasteiger partial charge in [0.2, 0.25) is 5.91 Å². The third-order valence-corrected chi connectivity index (χ3v) is 4.04. The number of hydrogen-bond acceptors (Lipinski definition) is 5. The molecular weight excluding hydrogens is 308 g/mol. The van der Waals surface area contributed by atoms with Gasteiger partial charge < -0.3 is 25.3 Å². The molecule has 3 N–H and O–H groups in total. The number of ether oxygens (including phenoxy) is 3. The minimum Gasteiger partial charge on any atom is -0.494 e. The van der Waals surface area contributed by atoms with Gasteiger partial charge in [-0.05, 0) is 37.0 Å². The number of benzene rings is 1. The molecule has 0 spiro atoms. The molecule has 1 saturated heterocycles. The molecule has 6 nitrogen and oxygen atoms in total. The second-order valence-corrected chi connectivity index (χ2v) is 6.04. The Morgan fingerprint density at radius 3 is 2.67 bits per heavy atom. The van der Waals surface area contributed by atoms with Crippen molar-refractivity contribution in [3.8, 4) is 5.75 Å². The molecule has 0 unspecified atom stereocenters. The Labute approximate surface area is 143 Å². The highest BCUT2D eigenvalue weighted by atomic mass is 16.5. The van der Waals surface area contributed by atoms with Crippen molar-refractivity contribution in [3.63, 3.8) is 0 Å². The van der Waals surface area contributed by atoms with Crippen molar-refractivity contribution in [1.82, 2.24) is 5.32 Å². The van der Waals surface area contributed by atoms with Gasteiger partial charge in [-0.1, -0.05) is 12.1 Å². The van der Waals surface area contributed by atoms with Gasteiger partial charge in [-0.3, -0.25) is 4.79 Å². The van der Waals surface area contributed by atoms with Crippen LogP contribution in [0.1, 0.15) is 24.8 Å². The van der Waals surface area contributed by atoms with Crippen LogP contribution < -0.4 is 15.8 Å². The van der Waals surface area contributed by atoms with Crippen LogP contribution in [0, 0.1) is 0 Å². The summed E-state index contributed by atoms with van der Waals surface area (Å²) in [7, 11) is 1.68. The largest absolute Gasteiger partial charge is 0.494 e. The van der Waals surface area contributed by atoms with Crippen LogP contribution >= 0.6 is 0 Å². The number of amides is 1. The monoisotopic (exact) mass is 336 g/mol. The Balaban J connectivity index is 1.74. The first-order valence-electron chi connectivity index (χ1n) is 8.53. The molecule has 1 heterocycles. The van der Waals surface area contributed by atoms with Crippen LogP contribution in [0.3, 0.4) is 0 Å². The lowest BCUT2D eigenvalue weighted by Crippen LogP contribution is -2.48. The molecule has 0 saturated carbocycles. The molecule has 24 heavy (non-hydrogen) atoms. The van der Waals surface area contributed by atoms with E-state index in [0.717, 1.165) is 30.6 Å². The summed E-state index contributed by atoms with van der Waals surface area (Å²) in [6.07, 6.45) is 3.08. The van der Waals surface area contributed by atoms with Crippen LogP contribution in [0.15, 0.2) is 24.3 Å². The molecule has 0 aromatic heterocycles. The zero-order chi connectivity index (χ0) is 17.2. The summed E-state index contributed by atoms with van der Waals surface area (Å²) in [6, 6.07) is 7.36. The summed E-state index contributed by atoms with van der Waals surface area (Å²) in [6.45, 7) is 2.72. The van der Waals surface area contributed by atoms with Gasteiger partial charge in [0, 0.05) is 39.4 Å². The van der Waals surface area contributed by atoms with E-state index in [4.69, 9.17) is 19.9 Å². The molecule has 1 aliphatic rings. The second-order valence-electron chi connectivity index (χ2n) is 6.04. The van der Waals surface area contributed by atoms with E-state index >= 15 is 0 Å². The first-order valence-corrected chi connectivity index (χ1v) is 8.53.